The molecule has 1 aromatic heterocycles. The minimum Gasteiger partial charge on any atom is -0.326 e. The Morgan fingerprint density at radius 2 is 1.82 bits per heavy atom. The molecule has 0 spiro atoms. The number of carbonyl (C=O) groups is 2. The number of benzene rings is 2. The molecule has 0 bridgehead atoms. The van der Waals surface area contributed by atoms with E-state index in [1.165, 1.54) is 11.8 Å². The first kappa shape index (κ1) is 24.8. The minimum absolute atomic E-state index is 0.0147. The first-order valence-corrected chi connectivity index (χ1v) is 11.8. The van der Waals surface area contributed by atoms with Crippen LogP contribution in [0, 0.1) is 13.8 Å². The van der Waals surface area contributed by atoms with E-state index in [4.69, 9.17) is 23.2 Å². The van der Waals surface area contributed by atoms with Gasteiger partial charge in [-0.3, -0.25) is 9.59 Å². The summed E-state index contributed by atoms with van der Waals surface area (Å²) in [5.74, 6) is 0.140. The third-order valence-electron chi connectivity index (χ3n) is 4.69. The number of rotatable bonds is 9. The van der Waals surface area contributed by atoms with Crippen molar-refractivity contribution >= 4 is 58.2 Å². The highest BCUT2D eigenvalue weighted by atomic mass is 35.5. The van der Waals surface area contributed by atoms with Crippen LogP contribution in [0.3, 0.4) is 0 Å². The molecule has 2 amide bonds. The van der Waals surface area contributed by atoms with Gasteiger partial charge in [-0.2, -0.15) is 0 Å². The second-order valence-electron chi connectivity index (χ2n) is 7.28. The number of halogens is 2. The third-order valence-corrected chi connectivity index (χ3v) is 6.29. The van der Waals surface area contributed by atoms with Crippen LogP contribution in [0.2, 0.25) is 10.0 Å². The first-order valence-electron chi connectivity index (χ1n) is 10.0. The number of nitrogens with zero attached hydrogens (tertiary/aromatic N) is 3. The van der Waals surface area contributed by atoms with Crippen LogP contribution >= 0.6 is 35.0 Å². The second kappa shape index (κ2) is 11.4. The largest absolute Gasteiger partial charge is 0.326 e. The van der Waals surface area contributed by atoms with Crippen molar-refractivity contribution in [2.45, 2.75) is 32.0 Å². The van der Waals surface area contributed by atoms with Crippen LogP contribution in [0.25, 0.3) is 0 Å². The normalized spacial score (nSPS) is 10.7. The Balaban J connectivity index is 1.64. The van der Waals surface area contributed by atoms with Gasteiger partial charge >= 0.3 is 0 Å². The van der Waals surface area contributed by atoms with E-state index in [0.717, 1.165) is 11.1 Å². The predicted octanol–water partition coefficient (Wildman–Crippen LogP) is 5.30. The Hall–Kier alpha value is -2.81. The Kier molecular flexibility index (Phi) is 8.55. The Labute approximate surface area is 206 Å². The highest BCUT2D eigenvalue weighted by molar-refractivity contribution is 7.99. The maximum absolute atomic E-state index is 12.5. The van der Waals surface area contributed by atoms with Crippen LogP contribution in [-0.2, 0) is 22.6 Å². The van der Waals surface area contributed by atoms with E-state index in [1.807, 2.05) is 26.0 Å². The maximum Gasteiger partial charge on any atom is 0.234 e. The summed E-state index contributed by atoms with van der Waals surface area (Å²) in [5.41, 5.74) is 3.11. The molecule has 7 nitrogen and oxygen atoms in total. The number of hydrogen-bond donors (Lipinski definition) is 2. The van der Waals surface area contributed by atoms with Crippen LogP contribution in [0.1, 0.15) is 17.0 Å². The lowest BCUT2D eigenvalue weighted by molar-refractivity contribution is -0.116. The SMILES string of the molecule is C=CCn1c(CC(=O)Nc2ccc(C)c(Cl)c2)nnc1SCC(=O)Nc1cc(Cl)ccc1C. The summed E-state index contributed by atoms with van der Waals surface area (Å²) in [6.45, 7) is 7.95. The van der Waals surface area contributed by atoms with Gasteiger partial charge in [-0.25, -0.2) is 0 Å². The zero-order valence-corrected chi connectivity index (χ0v) is 20.5. The molecule has 2 N–H and O–H groups in total. The number of anilines is 2. The molecule has 0 unspecified atom stereocenters. The van der Waals surface area contributed by atoms with Crippen molar-refractivity contribution in [3.63, 3.8) is 0 Å². The van der Waals surface area contributed by atoms with Gasteiger partial charge in [-0.1, -0.05) is 53.2 Å². The monoisotopic (exact) mass is 503 g/mol. The topological polar surface area (TPSA) is 88.9 Å². The summed E-state index contributed by atoms with van der Waals surface area (Å²) < 4.78 is 1.76. The second-order valence-corrected chi connectivity index (χ2v) is 9.07. The van der Waals surface area contributed by atoms with E-state index in [-0.39, 0.29) is 24.0 Å². The van der Waals surface area contributed by atoms with Crippen LogP contribution < -0.4 is 10.6 Å². The van der Waals surface area contributed by atoms with Gasteiger partial charge in [0.15, 0.2) is 5.16 Å². The minimum atomic E-state index is -0.252. The molecule has 2 aromatic carbocycles. The summed E-state index contributed by atoms with van der Waals surface area (Å²) in [6.07, 6.45) is 1.70. The van der Waals surface area contributed by atoms with Crippen molar-refractivity contribution in [1.29, 1.82) is 0 Å². The van der Waals surface area contributed by atoms with E-state index in [2.05, 4.69) is 27.4 Å². The van der Waals surface area contributed by atoms with Crippen molar-refractivity contribution in [3.05, 3.63) is 76.0 Å². The molecule has 0 aliphatic carbocycles. The number of hydrogen-bond acceptors (Lipinski definition) is 5. The molecule has 3 aromatic rings. The molecular weight excluding hydrogens is 481 g/mol. The molecule has 0 aliphatic heterocycles. The van der Waals surface area contributed by atoms with Gasteiger partial charge in [0.25, 0.3) is 0 Å². The van der Waals surface area contributed by atoms with Gasteiger partial charge in [0.1, 0.15) is 5.82 Å². The summed E-state index contributed by atoms with van der Waals surface area (Å²) >= 11 is 13.4. The van der Waals surface area contributed by atoms with Crippen LogP contribution in [-0.4, -0.2) is 32.3 Å². The summed E-state index contributed by atoms with van der Waals surface area (Å²) in [4.78, 5) is 25.0. The molecule has 0 aliphatic rings. The number of thioether (sulfide) groups is 1. The Bertz CT molecular complexity index is 1200. The van der Waals surface area contributed by atoms with Gasteiger partial charge in [-0.05, 0) is 49.2 Å². The van der Waals surface area contributed by atoms with E-state index in [1.54, 1.807) is 34.9 Å². The lowest BCUT2D eigenvalue weighted by atomic mass is 10.2. The summed E-state index contributed by atoms with van der Waals surface area (Å²) in [6, 6.07) is 10.6. The fourth-order valence-electron chi connectivity index (χ4n) is 2.93. The first-order chi connectivity index (χ1) is 15.8. The van der Waals surface area contributed by atoms with E-state index < -0.39 is 0 Å². The molecule has 0 saturated heterocycles. The maximum atomic E-state index is 12.5. The van der Waals surface area contributed by atoms with Gasteiger partial charge in [-0.15, -0.1) is 16.8 Å². The fraction of sp³-hybridized carbons (Fsp3) is 0.217. The fourth-order valence-corrected chi connectivity index (χ4v) is 4.05. The number of carbonyl (C=O) groups excluding carboxylic acids is 2. The van der Waals surface area contributed by atoms with Crippen LogP contribution in [0.4, 0.5) is 11.4 Å². The number of amides is 2. The van der Waals surface area contributed by atoms with Gasteiger partial charge < -0.3 is 15.2 Å². The zero-order chi connectivity index (χ0) is 24.0. The molecule has 0 atom stereocenters. The van der Waals surface area contributed by atoms with Crippen molar-refractivity contribution in [2.75, 3.05) is 16.4 Å². The van der Waals surface area contributed by atoms with Crippen LogP contribution in [0.15, 0.2) is 54.2 Å². The van der Waals surface area contributed by atoms with E-state index in [0.29, 0.717) is 38.9 Å². The molecule has 10 heteroatoms. The van der Waals surface area contributed by atoms with Crippen molar-refractivity contribution in [1.82, 2.24) is 14.8 Å². The van der Waals surface area contributed by atoms with Gasteiger partial charge in [0.2, 0.25) is 11.8 Å². The molecule has 3 rings (SSSR count). The summed E-state index contributed by atoms with van der Waals surface area (Å²) in [7, 11) is 0. The smallest absolute Gasteiger partial charge is 0.234 e. The van der Waals surface area contributed by atoms with E-state index in [9.17, 15) is 9.59 Å². The lowest BCUT2D eigenvalue weighted by Gasteiger charge is -2.10. The molecule has 33 heavy (non-hydrogen) atoms. The Morgan fingerprint density at radius 3 is 2.55 bits per heavy atom. The molecule has 0 saturated carbocycles. The van der Waals surface area contributed by atoms with E-state index >= 15 is 0 Å². The highest BCUT2D eigenvalue weighted by Gasteiger charge is 2.17. The molecule has 1 heterocycles. The van der Waals surface area contributed by atoms with Crippen molar-refractivity contribution in [2.24, 2.45) is 0 Å². The molecule has 0 radical (unpaired) electrons. The number of aromatic nitrogens is 3. The molecule has 172 valence electrons. The van der Waals surface area contributed by atoms with Gasteiger partial charge in [0.05, 0.1) is 12.2 Å². The standard InChI is InChI=1S/C23H23Cl2N5O2S/c1-4-9-30-20(12-21(31)26-17-8-6-14(2)18(25)11-17)28-29-23(30)33-13-22(32)27-19-10-16(24)7-5-15(19)3/h4-8,10-11H,1,9,12-13H2,2-3H3,(H,26,31)(H,27,32). The lowest BCUT2D eigenvalue weighted by Crippen LogP contribution is -2.18. The molecular formula is C23H23Cl2N5O2S. The number of allylic oxidation sites excluding steroid dienone is 1. The highest BCUT2D eigenvalue weighted by Crippen LogP contribution is 2.23. The van der Waals surface area contributed by atoms with Crippen molar-refractivity contribution < 1.29 is 9.59 Å². The average Bonchev–Trinajstić information content (AvgIpc) is 3.13. The van der Waals surface area contributed by atoms with Crippen LogP contribution in [0.5, 0.6) is 0 Å². The predicted molar refractivity (Wildman–Crippen MR) is 134 cm³/mol. The number of nitrogens with one attached hydrogen (secondary N) is 2. The van der Waals surface area contributed by atoms with Crippen molar-refractivity contribution in [3.8, 4) is 0 Å². The number of aryl methyl sites for hydroxylation is 2. The quantitative estimate of drug-likeness (QED) is 0.305. The zero-order valence-electron chi connectivity index (χ0n) is 18.2. The third kappa shape index (κ3) is 6.83. The summed E-state index contributed by atoms with van der Waals surface area (Å²) in [5, 5.41) is 15.6. The Morgan fingerprint density at radius 1 is 1.06 bits per heavy atom. The average molecular weight is 504 g/mol. The van der Waals surface area contributed by atoms with Gasteiger partial charge in [0, 0.05) is 28.0 Å². The molecule has 0 fully saturated rings.